The molecule has 3 aromatic rings. The fourth-order valence-electron chi connectivity index (χ4n) is 2.54. The zero-order valence-corrected chi connectivity index (χ0v) is 14.2. The Balaban J connectivity index is 1.77. The number of carbonyl (C=O) groups is 1. The summed E-state index contributed by atoms with van der Waals surface area (Å²) >= 11 is 0.308. The van der Waals surface area contributed by atoms with Crippen LogP contribution in [0.15, 0.2) is 60.7 Å². The van der Waals surface area contributed by atoms with E-state index in [1.165, 1.54) is 0 Å². The predicted molar refractivity (Wildman–Crippen MR) is 92.9 cm³/mol. The molecule has 0 atom stereocenters. The number of anilines is 1. The lowest BCUT2D eigenvalue weighted by atomic mass is 9.88. The lowest BCUT2D eigenvalue weighted by Crippen LogP contribution is -2.16. The second kappa shape index (κ2) is 7.65. The first kappa shape index (κ1) is 18.1. The van der Waals surface area contributed by atoms with Gasteiger partial charge in [0.15, 0.2) is 0 Å². The molecule has 1 amide bonds. The van der Waals surface area contributed by atoms with Gasteiger partial charge in [-0.1, -0.05) is 72.0 Å². The number of halogens is 3. The van der Waals surface area contributed by atoms with Gasteiger partial charge in [0.05, 0.1) is 0 Å². The average molecular weight is 377 g/mol. The topological polar surface area (TPSA) is 54.9 Å². The maximum atomic E-state index is 12.6. The summed E-state index contributed by atoms with van der Waals surface area (Å²) in [5, 5.41) is 7.61. The highest BCUT2D eigenvalue weighted by atomic mass is 32.1. The van der Waals surface area contributed by atoms with E-state index < -0.39 is 17.1 Å². The van der Waals surface area contributed by atoms with Gasteiger partial charge in [-0.25, -0.2) is 0 Å². The summed E-state index contributed by atoms with van der Waals surface area (Å²) in [5.74, 6) is -0.639. The van der Waals surface area contributed by atoms with Gasteiger partial charge >= 0.3 is 6.18 Å². The highest BCUT2D eigenvalue weighted by Gasteiger charge is 2.35. The van der Waals surface area contributed by atoms with Crippen LogP contribution >= 0.6 is 11.3 Å². The molecule has 0 spiro atoms. The van der Waals surface area contributed by atoms with Gasteiger partial charge in [0.2, 0.25) is 16.0 Å². The fourth-order valence-corrected chi connectivity index (χ4v) is 3.17. The second-order valence-corrected chi connectivity index (χ2v) is 6.51. The number of amides is 1. The van der Waals surface area contributed by atoms with Crippen molar-refractivity contribution in [3.8, 4) is 0 Å². The predicted octanol–water partition coefficient (Wildman–Crippen LogP) is 4.72. The Bertz CT molecular complexity index is 827. The van der Waals surface area contributed by atoms with Crippen LogP contribution in [0.3, 0.4) is 0 Å². The molecule has 0 aliphatic rings. The number of hydrogen-bond acceptors (Lipinski definition) is 4. The number of hydrogen-bond donors (Lipinski definition) is 1. The van der Waals surface area contributed by atoms with Crippen molar-refractivity contribution in [2.45, 2.75) is 18.5 Å². The molecular formula is C18H14F3N3OS. The number of nitrogens with zero attached hydrogens (tertiary/aromatic N) is 2. The zero-order chi connectivity index (χ0) is 18.6. The SMILES string of the molecule is O=C(CC(c1ccccc1)c1ccccc1)Nc1nnc(C(F)(F)F)s1. The molecule has 0 saturated heterocycles. The molecule has 8 heteroatoms. The molecule has 0 aliphatic carbocycles. The number of benzene rings is 2. The van der Waals surface area contributed by atoms with Gasteiger partial charge in [0.1, 0.15) is 0 Å². The van der Waals surface area contributed by atoms with Crippen molar-refractivity contribution in [1.82, 2.24) is 10.2 Å². The minimum absolute atomic E-state index is 0.0783. The van der Waals surface area contributed by atoms with E-state index in [1.54, 1.807) is 0 Å². The van der Waals surface area contributed by atoms with Gasteiger partial charge in [0.25, 0.3) is 0 Å². The molecule has 0 saturated carbocycles. The average Bonchev–Trinajstić information content (AvgIpc) is 3.10. The van der Waals surface area contributed by atoms with Gasteiger partial charge in [-0.15, -0.1) is 10.2 Å². The summed E-state index contributed by atoms with van der Waals surface area (Å²) in [6, 6.07) is 18.9. The summed E-state index contributed by atoms with van der Waals surface area (Å²) in [7, 11) is 0. The van der Waals surface area contributed by atoms with Gasteiger partial charge in [-0.3, -0.25) is 4.79 Å². The molecule has 1 N–H and O–H groups in total. The molecule has 1 aromatic heterocycles. The highest BCUT2D eigenvalue weighted by molar-refractivity contribution is 7.15. The third-order valence-corrected chi connectivity index (χ3v) is 4.59. The lowest BCUT2D eigenvalue weighted by molar-refractivity contribution is -0.138. The van der Waals surface area contributed by atoms with Crippen LogP contribution in [0.25, 0.3) is 0 Å². The van der Waals surface area contributed by atoms with E-state index in [0.29, 0.717) is 11.3 Å². The number of carbonyl (C=O) groups excluding carboxylic acids is 1. The first-order valence-corrected chi connectivity index (χ1v) is 8.55. The van der Waals surface area contributed by atoms with E-state index >= 15 is 0 Å². The Hall–Kier alpha value is -2.74. The Kier molecular flexibility index (Phi) is 5.32. The first-order valence-electron chi connectivity index (χ1n) is 7.74. The molecule has 0 fully saturated rings. The number of aromatic nitrogens is 2. The van der Waals surface area contributed by atoms with Crippen LogP contribution in [0.1, 0.15) is 28.5 Å². The molecule has 0 radical (unpaired) electrons. The minimum Gasteiger partial charge on any atom is -0.300 e. The molecule has 26 heavy (non-hydrogen) atoms. The van der Waals surface area contributed by atoms with Crippen molar-refractivity contribution in [1.29, 1.82) is 0 Å². The first-order chi connectivity index (χ1) is 12.4. The molecule has 2 aromatic carbocycles. The van der Waals surface area contributed by atoms with Gasteiger partial charge in [-0.05, 0) is 11.1 Å². The van der Waals surface area contributed by atoms with Crippen molar-refractivity contribution in [3.63, 3.8) is 0 Å². The number of alkyl halides is 3. The molecular weight excluding hydrogens is 363 g/mol. The van der Waals surface area contributed by atoms with E-state index in [9.17, 15) is 18.0 Å². The Morgan fingerprint density at radius 1 is 0.962 bits per heavy atom. The molecule has 1 heterocycles. The molecule has 0 aliphatic heterocycles. The minimum atomic E-state index is -4.57. The molecule has 0 unspecified atom stereocenters. The van der Waals surface area contributed by atoms with E-state index in [-0.39, 0.29) is 17.5 Å². The third kappa shape index (κ3) is 4.45. The lowest BCUT2D eigenvalue weighted by Gasteiger charge is -2.17. The van der Waals surface area contributed by atoms with E-state index in [1.807, 2.05) is 60.7 Å². The van der Waals surface area contributed by atoms with Crippen LogP contribution in [0.4, 0.5) is 18.3 Å². The van der Waals surface area contributed by atoms with Crippen LogP contribution in [0, 0.1) is 0 Å². The maximum absolute atomic E-state index is 12.6. The van der Waals surface area contributed by atoms with E-state index in [2.05, 4.69) is 15.5 Å². The summed E-state index contributed by atoms with van der Waals surface area (Å²) < 4.78 is 37.8. The monoisotopic (exact) mass is 377 g/mol. The normalized spacial score (nSPS) is 11.5. The Morgan fingerprint density at radius 2 is 1.50 bits per heavy atom. The summed E-state index contributed by atoms with van der Waals surface area (Å²) in [6.07, 6.45) is -4.49. The van der Waals surface area contributed by atoms with Crippen molar-refractivity contribution in [2.24, 2.45) is 0 Å². The van der Waals surface area contributed by atoms with Crippen LogP contribution in [0.5, 0.6) is 0 Å². The van der Waals surface area contributed by atoms with Gasteiger partial charge in [0, 0.05) is 12.3 Å². The molecule has 134 valence electrons. The quantitative estimate of drug-likeness (QED) is 0.700. The maximum Gasteiger partial charge on any atom is 0.445 e. The van der Waals surface area contributed by atoms with E-state index in [4.69, 9.17) is 0 Å². The van der Waals surface area contributed by atoms with E-state index in [0.717, 1.165) is 11.1 Å². The summed E-state index contributed by atoms with van der Waals surface area (Å²) in [5.41, 5.74) is 1.89. The summed E-state index contributed by atoms with van der Waals surface area (Å²) in [4.78, 5) is 12.4. The summed E-state index contributed by atoms with van der Waals surface area (Å²) in [6.45, 7) is 0. The third-order valence-electron chi connectivity index (χ3n) is 3.71. The highest BCUT2D eigenvalue weighted by Crippen LogP contribution is 2.33. The van der Waals surface area contributed by atoms with Crippen molar-refractivity contribution in [2.75, 3.05) is 5.32 Å². The largest absolute Gasteiger partial charge is 0.445 e. The Morgan fingerprint density at radius 3 is 1.96 bits per heavy atom. The van der Waals surface area contributed by atoms with Gasteiger partial charge < -0.3 is 5.32 Å². The fraction of sp³-hybridized carbons (Fsp3) is 0.167. The van der Waals surface area contributed by atoms with Crippen LogP contribution < -0.4 is 5.32 Å². The van der Waals surface area contributed by atoms with Crippen molar-refractivity contribution >= 4 is 22.4 Å². The Labute approximate surface area is 151 Å². The van der Waals surface area contributed by atoms with Crippen molar-refractivity contribution < 1.29 is 18.0 Å². The van der Waals surface area contributed by atoms with Crippen LogP contribution in [-0.4, -0.2) is 16.1 Å². The van der Waals surface area contributed by atoms with Crippen LogP contribution in [-0.2, 0) is 11.0 Å². The zero-order valence-electron chi connectivity index (χ0n) is 13.4. The molecule has 3 rings (SSSR count). The van der Waals surface area contributed by atoms with Gasteiger partial charge in [-0.2, -0.15) is 13.2 Å². The van der Waals surface area contributed by atoms with Crippen LogP contribution in [0.2, 0.25) is 0 Å². The molecule has 0 bridgehead atoms. The molecule has 4 nitrogen and oxygen atoms in total. The standard InChI is InChI=1S/C18H14F3N3OS/c19-18(20,21)16-23-24-17(26-16)22-15(25)11-14(12-7-3-1-4-8-12)13-9-5-2-6-10-13/h1-10,14H,11H2,(H,22,24,25). The number of rotatable bonds is 5. The second-order valence-electron chi connectivity index (χ2n) is 5.54. The smallest absolute Gasteiger partial charge is 0.300 e. The number of nitrogens with one attached hydrogen (secondary N) is 1. The van der Waals surface area contributed by atoms with Crippen molar-refractivity contribution in [3.05, 3.63) is 76.8 Å².